The Hall–Kier alpha value is -0.210. The first-order valence-corrected chi connectivity index (χ1v) is 9.41. The first-order valence-electron chi connectivity index (χ1n) is 7.97. The summed E-state index contributed by atoms with van der Waals surface area (Å²) >= 11 is 0. The topological polar surface area (TPSA) is 61.9 Å². The summed E-state index contributed by atoms with van der Waals surface area (Å²) in [6, 6.07) is 0. The van der Waals surface area contributed by atoms with Crippen molar-refractivity contribution in [2.75, 3.05) is 46.9 Å². The molecule has 21 heavy (non-hydrogen) atoms. The van der Waals surface area contributed by atoms with E-state index in [2.05, 4.69) is 16.7 Å². The van der Waals surface area contributed by atoms with Gasteiger partial charge in [-0.1, -0.05) is 0 Å². The molecule has 0 aromatic heterocycles. The second-order valence-corrected chi connectivity index (χ2v) is 8.05. The van der Waals surface area contributed by atoms with Crippen LogP contribution in [-0.4, -0.2) is 70.6 Å². The van der Waals surface area contributed by atoms with Crippen LogP contribution in [0.1, 0.15) is 32.1 Å². The summed E-state index contributed by atoms with van der Waals surface area (Å²) in [5.41, 5.74) is 0. The molecule has 6 nitrogen and oxygen atoms in total. The molecule has 7 heteroatoms. The average Bonchev–Trinajstić information content (AvgIpc) is 2.47. The molecule has 0 amide bonds. The lowest BCUT2D eigenvalue weighted by Gasteiger charge is -2.31. The largest absolute Gasteiger partial charge is 0.381 e. The fourth-order valence-corrected chi connectivity index (χ4v) is 4.55. The molecule has 2 aliphatic rings. The Kier molecular flexibility index (Phi) is 6.43. The van der Waals surface area contributed by atoms with E-state index in [-0.39, 0.29) is 6.10 Å². The van der Waals surface area contributed by atoms with Crippen LogP contribution in [-0.2, 0) is 14.9 Å². The van der Waals surface area contributed by atoms with E-state index < -0.39 is 10.2 Å². The predicted octanol–water partition coefficient (Wildman–Crippen LogP) is 0.664. The van der Waals surface area contributed by atoms with Gasteiger partial charge in [0.05, 0.1) is 6.10 Å². The second kappa shape index (κ2) is 7.87. The zero-order valence-corrected chi connectivity index (χ0v) is 14.1. The van der Waals surface area contributed by atoms with Gasteiger partial charge in [-0.3, -0.25) is 0 Å². The van der Waals surface area contributed by atoms with E-state index >= 15 is 0 Å². The van der Waals surface area contributed by atoms with Crippen molar-refractivity contribution in [2.24, 2.45) is 5.92 Å². The number of methoxy groups -OCH3 is 1. The Morgan fingerprint density at radius 2 is 1.90 bits per heavy atom. The fraction of sp³-hybridized carbons (Fsp3) is 1.00. The summed E-state index contributed by atoms with van der Waals surface area (Å²) in [5, 5.41) is 0. The minimum absolute atomic E-state index is 0.203. The minimum Gasteiger partial charge on any atom is -0.381 e. The van der Waals surface area contributed by atoms with Crippen molar-refractivity contribution in [3.05, 3.63) is 0 Å². The number of likely N-dealkylation sites (tertiary alicyclic amines) is 1. The molecule has 0 aliphatic carbocycles. The smallest absolute Gasteiger partial charge is 0.279 e. The third-order valence-corrected chi connectivity index (χ3v) is 6.25. The van der Waals surface area contributed by atoms with Gasteiger partial charge in [-0.2, -0.15) is 12.7 Å². The van der Waals surface area contributed by atoms with Crippen LogP contribution in [0.25, 0.3) is 0 Å². The molecule has 0 radical (unpaired) electrons. The summed E-state index contributed by atoms with van der Waals surface area (Å²) in [7, 11) is 0.509. The molecule has 2 aliphatic heterocycles. The quantitative estimate of drug-likeness (QED) is 0.781. The molecule has 0 spiro atoms. The zero-order chi connectivity index (χ0) is 15.3. The Bertz CT molecular complexity index is 408. The van der Waals surface area contributed by atoms with Crippen molar-refractivity contribution >= 4 is 10.2 Å². The van der Waals surface area contributed by atoms with Gasteiger partial charge in [0.25, 0.3) is 10.2 Å². The number of piperidine rings is 2. The van der Waals surface area contributed by atoms with Crippen LogP contribution in [0, 0.1) is 5.92 Å². The maximum absolute atomic E-state index is 12.3. The molecule has 0 aromatic rings. The van der Waals surface area contributed by atoms with Crippen molar-refractivity contribution in [3.8, 4) is 0 Å². The number of hydrogen-bond acceptors (Lipinski definition) is 4. The molecular weight excluding hydrogens is 290 g/mol. The molecule has 0 aromatic carbocycles. The Morgan fingerprint density at radius 3 is 2.52 bits per heavy atom. The summed E-state index contributed by atoms with van der Waals surface area (Å²) in [6.45, 7) is 3.91. The summed E-state index contributed by atoms with van der Waals surface area (Å²) in [4.78, 5) is 2.33. The van der Waals surface area contributed by atoms with Gasteiger partial charge in [0.1, 0.15) is 0 Å². The molecule has 1 N–H and O–H groups in total. The van der Waals surface area contributed by atoms with Crippen molar-refractivity contribution in [1.29, 1.82) is 0 Å². The normalized spacial score (nSPS) is 27.0. The molecule has 1 atom stereocenters. The van der Waals surface area contributed by atoms with Crippen LogP contribution in [0.5, 0.6) is 0 Å². The number of nitrogens with one attached hydrogen (secondary N) is 1. The van der Waals surface area contributed by atoms with Gasteiger partial charge in [0.15, 0.2) is 0 Å². The van der Waals surface area contributed by atoms with E-state index in [1.807, 2.05) is 0 Å². The molecule has 1 unspecified atom stereocenters. The van der Waals surface area contributed by atoms with Crippen molar-refractivity contribution in [1.82, 2.24) is 13.9 Å². The highest BCUT2D eigenvalue weighted by atomic mass is 32.2. The van der Waals surface area contributed by atoms with Crippen molar-refractivity contribution < 1.29 is 13.2 Å². The Balaban J connectivity index is 1.71. The SMILES string of the molecule is COC1CCN(S(=O)(=O)NCCC2CCCN(C)C2)CC1. The Labute approximate surface area is 129 Å². The second-order valence-electron chi connectivity index (χ2n) is 6.29. The number of rotatable bonds is 6. The maximum atomic E-state index is 12.3. The van der Waals surface area contributed by atoms with Crippen molar-refractivity contribution in [2.45, 2.75) is 38.2 Å². The molecule has 2 saturated heterocycles. The lowest BCUT2D eigenvalue weighted by atomic mass is 9.95. The summed E-state index contributed by atoms with van der Waals surface area (Å²) in [6.07, 6.45) is 5.13. The minimum atomic E-state index is -3.32. The molecule has 2 heterocycles. The number of nitrogens with zero attached hydrogens (tertiary/aromatic N) is 2. The van der Waals surface area contributed by atoms with Gasteiger partial charge in [-0.25, -0.2) is 4.72 Å². The molecule has 2 fully saturated rings. The van der Waals surface area contributed by atoms with Crippen LogP contribution in [0.4, 0.5) is 0 Å². The van der Waals surface area contributed by atoms with Gasteiger partial charge >= 0.3 is 0 Å². The van der Waals surface area contributed by atoms with Crippen LogP contribution in [0.3, 0.4) is 0 Å². The maximum Gasteiger partial charge on any atom is 0.279 e. The zero-order valence-electron chi connectivity index (χ0n) is 13.3. The molecule has 124 valence electrons. The summed E-state index contributed by atoms with van der Waals surface area (Å²) in [5.74, 6) is 0.616. The number of ether oxygens (including phenoxy) is 1. The van der Waals surface area contributed by atoms with E-state index in [4.69, 9.17) is 4.74 Å². The van der Waals surface area contributed by atoms with E-state index in [1.54, 1.807) is 11.4 Å². The van der Waals surface area contributed by atoms with Crippen LogP contribution < -0.4 is 4.72 Å². The van der Waals surface area contributed by atoms with Gasteiger partial charge in [0, 0.05) is 33.3 Å². The third-order valence-electron chi connectivity index (χ3n) is 4.63. The summed E-state index contributed by atoms with van der Waals surface area (Å²) < 4.78 is 34.1. The first-order chi connectivity index (χ1) is 10.0. The lowest BCUT2D eigenvalue weighted by molar-refractivity contribution is 0.0602. The lowest BCUT2D eigenvalue weighted by Crippen LogP contribution is -2.46. The van der Waals surface area contributed by atoms with E-state index in [0.717, 1.165) is 32.4 Å². The molecular formula is C14H29N3O3S. The van der Waals surface area contributed by atoms with E-state index in [0.29, 0.717) is 25.6 Å². The predicted molar refractivity (Wildman–Crippen MR) is 83.4 cm³/mol. The molecule has 0 saturated carbocycles. The molecule has 0 bridgehead atoms. The third kappa shape index (κ3) is 5.17. The fourth-order valence-electron chi connectivity index (χ4n) is 3.30. The monoisotopic (exact) mass is 319 g/mol. The molecule has 2 rings (SSSR count). The average molecular weight is 319 g/mol. The first kappa shape index (κ1) is 17.1. The highest BCUT2D eigenvalue weighted by Crippen LogP contribution is 2.18. The highest BCUT2D eigenvalue weighted by Gasteiger charge is 2.27. The highest BCUT2D eigenvalue weighted by molar-refractivity contribution is 7.87. The van der Waals surface area contributed by atoms with Gasteiger partial charge in [-0.05, 0) is 51.6 Å². The van der Waals surface area contributed by atoms with E-state index in [9.17, 15) is 8.42 Å². The van der Waals surface area contributed by atoms with Crippen molar-refractivity contribution in [3.63, 3.8) is 0 Å². The standard InChI is InChI=1S/C14H29N3O3S/c1-16-9-3-4-13(12-16)5-8-15-21(18,19)17-10-6-14(20-2)7-11-17/h13-15H,3-12H2,1-2H3. The Morgan fingerprint density at radius 1 is 1.19 bits per heavy atom. The van der Waals surface area contributed by atoms with Gasteiger partial charge < -0.3 is 9.64 Å². The van der Waals surface area contributed by atoms with E-state index in [1.165, 1.54) is 12.8 Å². The van der Waals surface area contributed by atoms with Gasteiger partial charge in [0.2, 0.25) is 0 Å². The van der Waals surface area contributed by atoms with Crippen LogP contribution in [0.15, 0.2) is 0 Å². The van der Waals surface area contributed by atoms with Crippen LogP contribution >= 0.6 is 0 Å². The number of hydrogen-bond donors (Lipinski definition) is 1. The van der Waals surface area contributed by atoms with Crippen LogP contribution in [0.2, 0.25) is 0 Å². The van der Waals surface area contributed by atoms with Gasteiger partial charge in [-0.15, -0.1) is 0 Å².